The van der Waals surface area contributed by atoms with E-state index in [0.29, 0.717) is 5.82 Å². The molecule has 0 atom stereocenters. The van der Waals surface area contributed by atoms with Crippen molar-refractivity contribution in [3.63, 3.8) is 0 Å². The summed E-state index contributed by atoms with van der Waals surface area (Å²) in [4.78, 5) is 10.6. The zero-order valence-electron chi connectivity index (χ0n) is 33.7. The summed E-state index contributed by atoms with van der Waals surface area (Å²) in [5, 5.41) is 2.61. The van der Waals surface area contributed by atoms with E-state index in [1.165, 1.54) is 70.2 Å². The van der Waals surface area contributed by atoms with Gasteiger partial charge in [-0.2, -0.15) is 0 Å². The molecule has 9 aromatic carbocycles. The van der Waals surface area contributed by atoms with Crippen LogP contribution in [0.1, 0.15) is 22.3 Å². The Bertz CT molecular complexity index is 3400. The van der Waals surface area contributed by atoms with Gasteiger partial charge in [-0.3, -0.25) is 0 Å². The number of thiophene rings is 1. The fourth-order valence-electron chi connectivity index (χ4n) is 9.86. The van der Waals surface area contributed by atoms with Crippen molar-refractivity contribution in [3.8, 4) is 67.3 Å². The molecule has 0 amide bonds. The predicted octanol–water partition coefficient (Wildman–Crippen LogP) is 15.5. The van der Waals surface area contributed by atoms with Gasteiger partial charge in [0.15, 0.2) is 5.82 Å². The first-order chi connectivity index (χ1) is 30.7. The summed E-state index contributed by atoms with van der Waals surface area (Å²) in [6.45, 7) is 0. The maximum atomic E-state index is 5.37. The van der Waals surface area contributed by atoms with E-state index in [1.54, 1.807) is 0 Å². The Morgan fingerprint density at radius 1 is 0.323 bits per heavy atom. The maximum Gasteiger partial charge on any atom is 0.160 e. The van der Waals surface area contributed by atoms with E-state index in [4.69, 9.17) is 9.97 Å². The van der Waals surface area contributed by atoms with Gasteiger partial charge in [-0.05, 0) is 79.9 Å². The Balaban J connectivity index is 1.03. The minimum absolute atomic E-state index is 0.549. The summed E-state index contributed by atoms with van der Waals surface area (Å²) in [7, 11) is 0. The SMILES string of the molecule is c1ccc(-c2nc(-c3ccc(-c4ccc5sc6ccccc6c5c4)cc3)cc(-c3ccccc3-c3cccc4c3C(c3ccccc3)(c3ccccc3)c3ccccc3-4)n2)cc1. The van der Waals surface area contributed by atoms with Crippen LogP contribution in [-0.4, -0.2) is 9.97 Å². The second-order valence-electron chi connectivity index (χ2n) is 16.0. The van der Waals surface area contributed by atoms with Gasteiger partial charge in [0.2, 0.25) is 0 Å². The van der Waals surface area contributed by atoms with Crippen molar-refractivity contribution in [2.24, 2.45) is 0 Å². The molecule has 0 saturated heterocycles. The molecule has 2 aromatic heterocycles. The van der Waals surface area contributed by atoms with E-state index in [9.17, 15) is 0 Å². The van der Waals surface area contributed by atoms with Crippen molar-refractivity contribution in [2.45, 2.75) is 5.41 Å². The molecule has 0 fully saturated rings. The summed E-state index contributed by atoms with van der Waals surface area (Å²) in [5.41, 5.74) is 16.5. The van der Waals surface area contributed by atoms with Crippen molar-refractivity contribution >= 4 is 31.5 Å². The van der Waals surface area contributed by atoms with Crippen LogP contribution >= 0.6 is 11.3 Å². The van der Waals surface area contributed by atoms with E-state index in [0.717, 1.165) is 33.6 Å². The summed E-state index contributed by atoms with van der Waals surface area (Å²) in [5.74, 6) is 0.695. The first kappa shape index (κ1) is 36.2. The van der Waals surface area contributed by atoms with Crippen molar-refractivity contribution in [3.05, 3.63) is 253 Å². The number of hydrogen-bond acceptors (Lipinski definition) is 3. The first-order valence-corrected chi connectivity index (χ1v) is 22.0. The maximum absolute atomic E-state index is 5.37. The topological polar surface area (TPSA) is 25.8 Å². The molecule has 0 spiro atoms. The van der Waals surface area contributed by atoms with Crippen molar-refractivity contribution < 1.29 is 0 Å². The summed E-state index contributed by atoms with van der Waals surface area (Å²) >= 11 is 1.85. The molecule has 2 nitrogen and oxygen atoms in total. The number of hydrogen-bond donors (Lipinski definition) is 0. The van der Waals surface area contributed by atoms with Crippen LogP contribution in [-0.2, 0) is 5.41 Å². The van der Waals surface area contributed by atoms with Crippen molar-refractivity contribution in [1.82, 2.24) is 9.97 Å². The monoisotopic (exact) mass is 806 g/mol. The van der Waals surface area contributed by atoms with Crippen LogP contribution in [0.15, 0.2) is 231 Å². The molecule has 0 aliphatic heterocycles. The Hall–Kier alpha value is -7.72. The number of fused-ring (bicyclic) bond motifs is 6. The third-order valence-electron chi connectivity index (χ3n) is 12.6. The third kappa shape index (κ3) is 5.78. The molecule has 0 radical (unpaired) electrons. The van der Waals surface area contributed by atoms with Gasteiger partial charge >= 0.3 is 0 Å². The van der Waals surface area contributed by atoms with E-state index < -0.39 is 5.41 Å². The molecule has 2 heterocycles. The standard InChI is InChI=1S/C59H38N2S/c1-4-17-41(18-5-1)58-60-53(40-33-31-39(32-34-40)42-35-36-56-51(37-42)48-26-13-15-30-55(48)62-56)38-54(61-58)47-25-11-10-23-45(47)49-27-16-28-50-46-24-12-14-29-52(46)59(57(49)50,43-19-6-2-7-20-43)44-21-8-3-9-22-44/h1-38H. The van der Waals surface area contributed by atoms with Gasteiger partial charge in [0.05, 0.1) is 16.8 Å². The van der Waals surface area contributed by atoms with Crippen LogP contribution in [0.3, 0.4) is 0 Å². The molecule has 3 heteroatoms. The zero-order valence-corrected chi connectivity index (χ0v) is 34.6. The van der Waals surface area contributed by atoms with Crippen LogP contribution in [0.2, 0.25) is 0 Å². The van der Waals surface area contributed by atoms with Gasteiger partial charge in [0, 0.05) is 36.9 Å². The Kier molecular flexibility index (Phi) is 8.62. The van der Waals surface area contributed by atoms with Crippen LogP contribution < -0.4 is 0 Å². The normalized spacial score (nSPS) is 12.6. The van der Waals surface area contributed by atoms with Gasteiger partial charge in [-0.1, -0.05) is 206 Å². The average Bonchev–Trinajstić information content (AvgIpc) is 3.88. The van der Waals surface area contributed by atoms with Crippen molar-refractivity contribution in [2.75, 3.05) is 0 Å². The second-order valence-corrected chi connectivity index (χ2v) is 17.1. The highest BCUT2D eigenvalue weighted by molar-refractivity contribution is 7.25. The van der Waals surface area contributed by atoms with Gasteiger partial charge in [0.1, 0.15) is 0 Å². The predicted molar refractivity (Wildman–Crippen MR) is 259 cm³/mol. The lowest BCUT2D eigenvalue weighted by molar-refractivity contribution is 0.770. The fraction of sp³-hybridized carbons (Fsp3) is 0.0169. The number of rotatable bonds is 7. The van der Waals surface area contributed by atoms with Crippen LogP contribution in [0.25, 0.3) is 87.5 Å². The molecular formula is C59H38N2S. The van der Waals surface area contributed by atoms with E-state index >= 15 is 0 Å². The highest BCUT2D eigenvalue weighted by Crippen LogP contribution is 2.59. The molecule has 0 unspecified atom stereocenters. The van der Waals surface area contributed by atoms with Crippen LogP contribution in [0, 0.1) is 0 Å². The molecule has 11 aromatic rings. The molecular weight excluding hydrogens is 769 g/mol. The second kappa shape index (κ2) is 14.8. The highest BCUT2D eigenvalue weighted by atomic mass is 32.1. The Morgan fingerprint density at radius 3 is 1.60 bits per heavy atom. The number of benzene rings is 9. The van der Waals surface area contributed by atoms with E-state index in [2.05, 4.69) is 224 Å². The Morgan fingerprint density at radius 2 is 0.855 bits per heavy atom. The van der Waals surface area contributed by atoms with Gasteiger partial charge < -0.3 is 0 Å². The number of nitrogens with zero attached hydrogens (tertiary/aromatic N) is 2. The smallest absolute Gasteiger partial charge is 0.160 e. The molecule has 0 bridgehead atoms. The lowest BCUT2D eigenvalue weighted by Crippen LogP contribution is -2.29. The molecule has 12 rings (SSSR count). The molecule has 62 heavy (non-hydrogen) atoms. The average molecular weight is 807 g/mol. The van der Waals surface area contributed by atoms with Crippen molar-refractivity contribution in [1.29, 1.82) is 0 Å². The van der Waals surface area contributed by atoms with Gasteiger partial charge in [-0.25, -0.2) is 9.97 Å². The molecule has 1 aliphatic carbocycles. The van der Waals surface area contributed by atoms with Crippen LogP contribution in [0.5, 0.6) is 0 Å². The minimum Gasteiger partial charge on any atom is -0.228 e. The first-order valence-electron chi connectivity index (χ1n) is 21.1. The summed E-state index contributed by atoms with van der Waals surface area (Å²) in [6, 6.07) is 83.5. The highest BCUT2D eigenvalue weighted by Gasteiger charge is 2.47. The van der Waals surface area contributed by atoms with Gasteiger partial charge in [0.25, 0.3) is 0 Å². The number of aromatic nitrogens is 2. The zero-order chi connectivity index (χ0) is 41.0. The Labute approximate surface area is 365 Å². The summed E-state index contributed by atoms with van der Waals surface area (Å²) < 4.78 is 2.63. The molecule has 0 saturated carbocycles. The van der Waals surface area contributed by atoms with Gasteiger partial charge in [-0.15, -0.1) is 11.3 Å². The molecule has 290 valence electrons. The lowest BCUT2D eigenvalue weighted by atomic mass is 9.66. The van der Waals surface area contributed by atoms with E-state index in [1.807, 2.05) is 17.4 Å². The molecule has 1 aliphatic rings. The molecule has 0 N–H and O–H groups in total. The fourth-order valence-corrected chi connectivity index (χ4v) is 10.9. The third-order valence-corrected chi connectivity index (χ3v) is 13.8. The minimum atomic E-state index is -0.549. The lowest BCUT2D eigenvalue weighted by Gasteiger charge is -2.35. The van der Waals surface area contributed by atoms with Crippen LogP contribution in [0.4, 0.5) is 0 Å². The summed E-state index contributed by atoms with van der Waals surface area (Å²) in [6.07, 6.45) is 0. The quantitative estimate of drug-likeness (QED) is 0.160. The van der Waals surface area contributed by atoms with E-state index in [-0.39, 0.29) is 0 Å². The largest absolute Gasteiger partial charge is 0.228 e.